The van der Waals surface area contributed by atoms with Crippen LogP contribution < -0.4 is 0 Å². The van der Waals surface area contributed by atoms with Crippen molar-refractivity contribution in [3.05, 3.63) is 0 Å². The van der Waals surface area contributed by atoms with Crippen molar-refractivity contribution in [3.8, 4) is 0 Å². The number of hydrogen-bond acceptors (Lipinski definition) is 5. The van der Waals surface area contributed by atoms with E-state index in [0.29, 0.717) is 12.8 Å². The Morgan fingerprint density at radius 2 is 0.944 bits per heavy atom. The van der Waals surface area contributed by atoms with Crippen molar-refractivity contribution >= 4 is 11.6 Å². The smallest absolute Gasteiger partial charge is 0.169 e. The summed E-state index contributed by atoms with van der Waals surface area (Å²) >= 11 is 0. The van der Waals surface area contributed by atoms with Crippen LogP contribution in [0, 0.1) is 5.92 Å². The second-order valence-corrected chi connectivity index (χ2v) is 11.0. The standard InChI is InChI=1S/C31H60O5/c1-3-5-7-9-10-11-12-13-14-15-16-17-18-20-22-24-29(34)28(23-21-19-8-6-4-2)25-30(35)31(36,26-32)27-33/h28,32-33,36H,3-27H2,1-2H3. The van der Waals surface area contributed by atoms with Gasteiger partial charge in [0.2, 0.25) is 0 Å². The predicted octanol–water partition coefficient (Wildman–Crippen LogP) is 7.47. The molecule has 36 heavy (non-hydrogen) atoms. The van der Waals surface area contributed by atoms with E-state index in [4.69, 9.17) is 0 Å². The summed E-state index contributed by atoms with van der Waals surface area (Å²) in [4.78, 5) is 25.3. The van der Waals surface area contributed by atoms with E-state index in [1.807, 2.05) is 0 Å². The maximum atomic E-state index is 12.9. The molecule has 0 aromatic carbocycles. The van der Waals surface area contributed by atoms with Crippen LogP contribution >= 0.6 is 0 Å². The van der Waals surface area contributed by atoms with Gasteiger partial charge < -0.3 is 15.3 Å². The van der Waals surface area contributed by atoms with E-state index in [-0.39, 0.29) is 12.2 Å². The molecule has 0 fully saturated rings. The molecule has 0 heterocycles. The largest absolute Gasteiger partial charge is 0.393 e. The van der Waals surface area contributed by atoms with Gasteiger partial charge in [-0.25, -0.2) is 0 Å². The summed E-state index contributed by atoms with van der Waals surface area (Å²) in [6.45, 7) is 2.78. The van der Waals surface area contributed by atoms with E-state index in [9.17, 15) is 24.9 Å². The summed E-state index contributed by atoms with van der Waals surface area (Å²) in [5.74, 6) is -0.960. The summed E-state index contributed by atoms with van der Waals surface area (Å²) in [5, 5.41) is 28.8. The molecule has 1 unspecified atom stereocenters. The predicted molar refractivity (Wildman–Crippen MR) is 150 cm³/mol. The van der Waals surface area contributed by atoms with E-state index in [1.54, 1.807) is 0 Å². The highest BCUT2D eigenvalue weighted by Crippen LogP contribution is 2.23. The molecule has 0 rings (SSSR count). The Morgan fingerprint density at radius 1 is 0.583 bits per heavy atom. The number of carbonyl (C=O) groups is 2. The lowest BCUT2D eigenvalue weighted by molar-refractivity contribution is -0.149. The van der Waals surface area contributed by atoms with Gasteiger partial charge in [0.25, 0.3) is 0 Å². The number of rotatable bonds is 28. The number of carbonyl (C=O) groups excluding carboxylic acids is 2. The van der Waals surface area contributed by atoms with Gasteiger partial charge in [0.1, 0.15) is 5.78 Å². The molecule has 5 heteroatoms. The summed E-state index contributed by atoms with van der Waals surface area (Å²) in [6.07, 6.45) is 25.6. The van der Waals surface area contributed by atoms with E-state index in [1.165, 1.54) is 83.5 Å². The molecule has 0 aromatic heterocycles. The number of hydrogen-bond donors (Lipinski definition) is 3. The van der Waals surface area contributed by atoms with Gasteiger partial charge in [-0.3, -0.25) is 9.59 Å². The number of ketones is 2. The van der Waals surface area contributed by atoms with Crippen LogP contribution in [0.1, 0.15) is 162 Å². The fraction of sp³-hybridized carbons (Fsp3) is 0.935. The lowest BCUT2D eigenvalue weighted by Crippen LogP contribution is -2.47. The van der Waals surface area contributed by atoms with Crippen molar-refractivity contribution in [2.24, 2.45) is 5.92 Å². The van der Waals surface area contributed by atoms with Crippen molar-refractivity contribution in [3.63, 3.8) is 0 Å². The molecule has 5 nitrogen and oxygen atoms in total. The third-order valence-electron chi connectivity index (χ3n) is 7.61. The molecule has 0 aliphatic carbocycles. The lowest BCUT2D eigenvalue weighted by atomic mass is 9.84. The highest BCUT2D eigenvalue weighted by Gasteiger charge is 2.36. The second-order valence-electron chi connectivity index (χ2n) is 11.0. The zero-order valence-electron chi connectivity index (χ0n) is 23.9. The molecule has 0 aliphatic heterocycles. The zero-order chi connectivity index (χ0) is 26.9. The molecule has 1 atom stereocenters. The van der Waals surface area contributed by atoms with Gasteiger partial charge in [0, 0.05) is 18.8 Å². The first-order valence-corrected chi connectivity index (χ1v) is 15.4. The Labute approximate surface area is 222 Å². The molecule has 0 aliphatic rings. The molecule has 0 saturated carbocycles. The monoisotopic (exact) mass is 512 g/mol. The normalized spacial score (nSPS) is 12.7. The topological polar surface area (TPSA) is 94.8 Å². The maximum absolute atomic E-state index is 12.9. The average molecular weight is 513 g/mol. The van der Waals surface area contributed by atoms with Crippen molar-refractivity contribution < 1.29 is 24.9 Å². The van der Waals surface area contributed by atoms with Crippen LogP contribution in [0.3, 0.4) is 0 Å². The van der Waals surface area contributed by atoms with Gasteiger partial charge in [-0.15, -0.1) is 0 Å². The summed E-state index contributed by atoms with van der Waals surface area (Å²) in [6, 6.07) is 0. The van der Waals surface area contributed by atoms with Gasteiger partial charge in [0.05, 0.1) is 13.2 Å². The Hall–Kier alpha value is -0.780. The van der Waals surface area contributed by atoms with Crippen LogP contribution in [0.5, 0.6) is 0 Å². The van der Waals surface area contributed by atoms with Gasteiger partial charge in [-0.1, -0.05) is 136 Å². The molecule has 3 N–H and O–H groups in total. The minimum absolute atomic E-state index is 0.0896. The SMILES string of the molecule is CCCCCCCCCCCCCCCCCC(=O)C(CCCCCCC)CC(=O)C(O)(CO)CO. The van der Waals surface area contributed by atoms with Crippen LogP contribution in [-0.2, 0) is 9.59 Å². The quantitative estimate of drug-likeness (QED) is 0.0945. The van der Waals surface area contributed by atoms with Crippen LogP contribution in [-0.4, -0.2) is 45.7 Å². The van der Waals surface area contributed by atoms with E-state index in [0.717, 1.165) is 44.9 Å². The van der Waals surface area contributed by atoms with Crippen LogP contribution in [0.25, 0.3) is 0 Å². The highest BCUT2D eigenvalue weighted by atomic mass is 16.4. The van der Waals surface area contributed by atoms with Gasteiger partial charge in [-0.05, 0) is 12.8 Å². The van der Waals surface area contributed by atoms with Crippen LogP contribution in [0.15, 0.2) is 0 Å². The van der Waals surface area contributed by atoms with Crippen LogP contribution in [0.4, 0.5) is 0 Å². The maximum Gasteiger partial charge on any atom is 0.169 e. The van der Waals surface area contributed by atoms with Crippen molar-refractivity contribution in [2.75, 3.05) is 13.2 Å². The highest BCUT2D eigenvalue weighted by molar-refractivity contribution is 5.92. The van der Waals surface area contributed by atoms with Gasteiger partial charge in [-0.2, -0.15) is 0 Å². The Balaban J connectivity index is 4.07. The van der Waals surface area contributed by atoms with Crippen molar-refractivity contribution in [2.45, 2.75) is 167 Å². The Kier molecular flexibility index (Phi) is 24.0. The first-order chi connectivity index (χ1) is 17.4. The molecular formula is C31H60O5. The fourth-order valence-electron chi connectivity index (χ4n) is 4.89. The molecule has 0 aromatic rings. The van der Waals surface area contributed by atoms with E-state index < -0.39 is 30.5 Å². The molecule has 0 amide bonds. The third kappa shape index (κ3) is 18.5. The zero-order valence-corrected chi connectivity index (χ0v) is 23.9. The summed E-state index contributed by atoms with van der Waals surface area (Å²) in [7, 11) is 0. The average Bonchev–Trinajstić information content (AvgIpc) is 2.89. The van der Waals surface area contributed by atoms with Crippen molar-refractivity contribution in [1.29, 1.82) is 0 Å². The number of aliphatic hydroxyl groups excluding tert-OH is 2. The van der Waals surface area contributed by atoms with E-state index >= 15 is 0 Å². The molecule has 0 radical (unpaired) electrons. The first kappa shape index (κ1) is 35.2. The fourth-order valence-corrected chi connectivity index (χ4v) is 4.89. The molecule has 0 saturated heterocycles. The van der Waals surface area contributed by atoms with Gasteiger partial charge in [0.15, 0.2) is 11.4 Å². The minimum atomic E-state index is -2.14. The molecule has 214 valence electrons. The number of aliphatic hydroxyl groups is 3. The number of Topliss-reactive ketones (excluding diaryl/α,β-unsaturated/α-hetero) is 2. The number of unbranched alkanes of at least 4 members (excludes halogenated alkanes) is 18. The molecule has 0 bridgehead atoms. The first-order valence-electron chi connectivity index (χ1n) is 15.4. The molecule has 0 spiro atoms. The van der Waals surface area contributed by atoms with E-state index in [2.05, 4.69) is 13.8 Å². The van der Waals surface area contributed by atoms with Crippen molar-refractivity contribution in [1.82, 2.24) is 0 Å². The third-order valence-corrected chi connectivity index (χ3v) is 7.61. The summed E-state index contributed by atoms with van der Waals surface area (Å²) < 4.78 is 0. The lowest BCUT2D eigenvalue weighted by Gasteiger charge is -2.24. The Bertz CT molecular complexity index is 515. The summed E-state index contributed by atoms with van der Waals surface area (Å²) in [5.41, 5.74) is -2.14. The van der Waals surface area contributed by atoms with Crippen LogP contribution in [0.2, 0.25) is 0 Å². The minimum Gasteiger partial charge on any atom is -0.393 e. The second kappa shape index (κ2) is 24.6. The Morgan fingerprint density at radius 3 is 1.33 bits per heavy atom. The van der Waals surface area contributed by atoms with Gasteiger partial charge >= 0.3 is 0 Å². The molecular weight excluding hydrogens is 452 g/mol.